The summed E-state index contributed by atoms with van der Waals surface area (Å²) in [6.45, 7) is 4.64. The summed E-state index contributed by atoms with van der Waals surface area (Å²) in [7, 11) is -2.19. The number of carbonyl (C=O) groups is 1. The van der Waals surface area contributed by atoms with Crippen molar-refractivity contribution in [2.75, 3.05) is 38.6 Å². The smallest absolute Gasteiger partial charge is 0.279 e. The van der Waals surface area contributed by atoms with Gasteiger partial charge in [0.2, 0.25) is 10.0 Å². The molecule has 1 unspecified atom stereocenters. The highest BCUT2D eigenvalue weighted by molar-refractivity contribution is 7.89. The molecule has 2 heterocycles. The summed E-state index contributed by atoms with van der Waals surface area (Å²) < 4.78 is 33.0. The first-order valence-corrected chi connectivity index (χ1v) is 11.7. The Labute approximate surface area is 168 Å². The Kier molecular flexibility index (Phi) is 6.95. The molecule has 0 saturated carbocycles. The van der Waals surface area contributed by atoms with Gasteiger partial charge in [-0.1, -0.05) is 6.42 Å². The molecule has 2 aliphatic rings. The third-order valence-electron chi connectivity index (χ3n) is 5.85. The highest BCUT2D eigenvalue weighted by atomic mass is 32.2. The zero-order valence-electron chi connectivity index (χ0n) is 16.9. The van der Waals surface area contributed by atoms with Crippen LogP contribution in [-0.2, 0) is 14.8 Å². The van der Waals surface area contributed by atoms with Gasteiger partial charge >= 0.3 is 0 Å². The van der Waals surface area contributed by atoms with Crippen molar-refractivity contribution in [1.82, 2.24) is 4.31 Å². The average molecular weight is 411 g/mol. The number of nitrogens with one attached hydrogen (secondary N) is 2. The molecule has 1 aromatic rings. The van der Waals surface area contributed by atoms with E-state index in [4.69, 9.17) is 4.74 Å². The fraction of sp³-hybridized carbons (Fsp3) is 0.650. The number of amides is 1. The second-order valence-electron chi connectivity index (χ2n) is 7.86. The van der Waals surface area contributed by atoms with Crippen LogP contribution in [0, 0.1) is 0 Å². The van der Waals surface area contributed by atoms with Crippen molar-refractivity contribution in [1.29, 1.82) is 0 Å². The highest BCUT2D eigenvalue weighted by Gasteiger charge is 2.30. The maximum Gasteiger partial charge on any atom is 0.279 e. The number of rotatable bonds is 6. The number of hydrogen-bond acceptors (Lipinski definition) is 4. The number of ether oxygens (including phenoxy) is 1. The van der Waals surface area contributed by atoms with Crippen molar-refractivity contribution >= 4 is 21.6 Å². The van der Waals surface area contributed by atoms with E-state index in [1.807, 2.05) is 0 Å². The Morgan fingerprint density at radius 2 is 1.96 bits per heavy atom. The fourth-order valence-electron chi connectivity index (χ4n) is 4.13. The van der Waals surface area contributed by atoms with Crippen LogP contribution in [0.1, 0.15) is 45.4 Å². The molecule has 2 aliphatic heterocycles. The molecule has 2 atom stereocenters. The number of piperidine rings is 2. The van der Waals surface area contributed by atoms with Crippen LogP contribution in [0.3, 0.4) is 0 Å². The van der Waals surface area contributed by atoms with Crippen molar-refractivity contribution in [2.24, 2.45) is 0 Å². The van der Waals surface area contributed by atoms with Gasteiger partial charge in [-0.3, -0.25) is 4.79 Å². The highest BCUT2D eigenvalue weighted by Crippen LogP contribution is 2.31. The molecule has 0 aromatic heterocycles. The minimum atomic E-state index is -3.65. The molecule has 1 amide bonds. The summed E-state index contributed by atoms with van der Waals surface area (Å²) in [6.07, 6.45) is 6.31. The van der Waals surface area contributed by atoms with Gasteiger partial charge in [0, 0.05) is 18.8 Å². The molecule has 2 N–H and O–H groups in total. The Bertz CT molecular complexity index is 791. The number of hydrogen-bond donors (Lipinski definition) is 2. The lowest BCUT2D eigenvalue weighted by Gasteiger charge is -2.29. The summed E-state index contributed by atoms with van der Waals surface area (Å²) in [6, 6.07) is 5.31. The van der Waals surface area contributed by atoms with Crippen LogP contribution >= 0.6 is 0 Å². The monoisotopic (exact) mass is 410 g/mol. The van der Waals surface area contributed by atoms with E-state index < -0.39 is 10.0 Å². The second kappa shape index (κ2) is 9.24. The normalized spacial score (nSPS) is 23.9. The summed E-state index contributed by atoms with van der Waals surface area (Å²) >= 11 is 0. The topological polar surface area (TPSA) is 80.1 Å². The van der Waals surface area contributed by atoms with Crippen molar-refractivity contribution < 1.29 is 22.8 Å². The SMILES string of the molecule is COc1ccc(NC(=O)C[NH+]2CCCC[C@H]2C)cc1S(=O)(=O)N1CCCCC1. The lowest BCUT2D eigenvalue weighted by atomic mass is 10.0. The van der Waals surface area contributed by atoms with E-state index in [1.165, 1.54) is 28.8 Å². The van der Waals surface area contributed by atoms with E-state index in [2.05, 4.69) is 12.2 Å². The molecule has 0 radical (unpaired) electrons. The predicted molar refractivity (Wildman–Crippen MR) is 108 cm³/mol. The standard InChI is InChI=1S/C20H31N3O4S/c1-16-8-4-7-11-22(16)15-20(24)21-17-9-10-18(27-2)19(14-17)28(25,26)23-12-5-3-6-13-23/h9-10,14,16H,3-8,11-13,15H2,1-2H3,(H,21,24)/p+1/t16-/m1/s1. The first-order valence-electron chi connectivity index (χ1n) is 10.2. The van der Waals surface area contributed by atoms with Gasteiger partial charge < -0.3 is 15.0 Å². The quantitative estimate of drug-likeness (QED) is 0.740. The minimum absolute atomic E-state index is 0.0877. The van der Waals surface area contributed by atoms with Gasteiger partial charge in [0.25, 0.3) is 5.91 Å². The van der Waals surface area contributed by atoms with Crippen LogP contribution in [0.5, 0.6) is 5.75 Å². The molecule has 156 valence electrons. The van der Waals surface area contributed by atoms with Crippen LogP contribution in [-0.4, -0.2) is 58.0 Å². The Hall–Kier alpha value is -1.64. The van der Waals surface area contributed by atoms with E-state index in [0.29, 0.717) is 37.1 Å². The zero-order chi connectivity index (χ0) is 20.1. The Balaban J connectivity index is 1.75. The van der Waals surface area contributed by atoms with Gasteiger partial charge in [-0.25, -0.2) is 8.42 Å². The maximum atomic E-state index is 13.1. The first kappa shape index (κ1) is 21.1. The van der Waals surface area contributed by atoms with Crippen molar-refractivity contribution in [3.63, 3.8) is 0 Å². The molecule has 2 fully saturated rings. The molecule has 0 aliphatic carbocycles. The first-order chi connectivity index (χ1) is 13.4. The lowest BCUT2D eigenvalue weighted by molar-refractivity contribution is -0.920. The van der Waals surface area contributed by atoms with E-state index in [0.717, 1.165) is 38.6 Å². The number of methoxy groups -OCH3 is 1. The van der Waals surface area contributed by atoms with Crippen molar-refractivity contribution in [3.8, 4) is 5.75 Å². The van der Waals surface area contributed by atoms with E-state index in [-0.39, 0.29) is 10.8 Å². The number of quaternary nitrogens is 1. The maximum absolute atomic E-state index is 13.1. The van der Waals surface area contributed by atoms with E-state index in [1.54, 1.807) is 12.1 Å². The van der Waals surface area contributed by atoms with Crippen LogP contribution in [0.2, 0.25) is 0 Å². The van der Waals surface area contributed by atoms with Crippen LogP contribution in [0.4, 0.5) is 5.69 Å². The largest absolute Gasteiger partial charge is 0.495 e. The predicted octanol–water partition coefficient (Wildman–Crippen LogP) is 1.27. The van der Waals surface area contributed by atoms with Gasteiger partial charge in [-0.05, 0) is 57.2 Å². The number of carbonyl (C=O) groups excluding carboxylic acids is 1. The molecule has 1 aromatic carbocycles. The third kappa shape index (κ3) is 4.85. The van der Waals surface area contributed by atoms with Gasteiger partial charge in [0.05, 0.1) is 19.7 Å². The number of benzene rings is 1. The molecule has 0 bridgehead atoms. The summed E-state index contributed by atoms with van der Waals surface area (Å²) in [4.78, 5) is 13.9. The number of anilines is 1. The minimum Gasteiger partial charge on any atom is -0.495 e. The summed E-state index contributed by atoms with van der Waals surface area (Å²) in [5.41, 5.74) is 0.491. The van der Waals surface area contributed by atoms with E-state index >= 15 is 0 Å². The molecule has 7 nitrogen and oxygen atoms in total. The molecular formula is C20H32N3O4S+. The van der Waals surface area contributed by atoms with Crippen LogP contribution in [0.15, 0.2) is 23.1 Å². The second-order valence-corrected chi connectivity index (χ2v) is 9.77. The Morgan fingerprint density at radius 1 is 1.21 bits per heavy atom. The van der Waals surface area contributed by atoms with Gasteiger partial charge in [-0.2, -0.15) is 4.31 Å². The molecule has 28 heavy (non-hydrogen) atoms. The van der Waals surface area contributed by atoms with Gasteiger partial charge in [0.1, 0.15) is 10.6 Å². The van der Waals surface area contributed by atoms with Crippen LogP contribution in [0.25, 0.3) is 0 Å². The van der Waals surface area contributed by atoms with Crippen LogP contribution < -0.4 is 15.0 Å². The molecule has 3 rings (SSSR count). The number of likely N-dealkylation sites (tertiary alicyclic amines) is 1. The summed E-state index contributed by atoms with van der Waals surface area (Å²) in [5, 5.41) is 2.88. The van der Waals surface area contributed by atoms with Crippen molar-refractivity contribution in [2.45, 2.75) is 56.4 Å². The lowest BCUT2D eigenvalue weighted by Crippen LogP contribution is -3.17. The number of nitrogens with zero attached hydrogens (tertiary/aromatic N) is 1. The third-order valence-corrected chi connectivity index (χ3v) is 7.77. The summed E-state index contributed by atoms with van der Waals surface area (Å²) in [5.74, 6) is 0.217. The average Bonchev–Trinajstić information content (AvgIpc) is 2.70. The Morgan fingerprint density at radius 3 is 2.64 bits per heavy atom. The molecule has 8 heteroatoms. The molecule has 2 saturated heterocycles. The van der Waals surface area contributed by atoms with E-state index in [9.17, 15) is 13.2 Å². The molecule has 0 spiro atoms. The zero-order valence-corrected chi connectivity index (χ0v) is 17.7. The number of sulfonamides is 1. The fourth-order valence-corrected chi connectivity index (χ4v) is 5.83. The van der Waals surface area contributed by atoms with Gasteiger partial charge in [-0.15, -0.1) is 0 Å². The molecular weight excluding hydrogens is 378 g/mol. The van der Waals surface area contributed by atoms with Crippen molar-refractivity contribution in [3.05, 3.63) is 18.2 Å². The van der Waals surface area contributed by atoms with Gasteiger partial charge in [0.15, 0.2) is 6.54 Å².